The van der Waals surface area contributed by atoms with E-state index >= 15 is 0 Å². The molecule has 6 nitrogen and oxygen atoms in total. The van der Waals surface area contributed by atoms with Crippen LogP contribution in [0.15, 0.2) is 83.8 Å². The molecule has 0 aliphatic carbocycles. The number of likely N-dealkylation sites (N-methyl/N-ethyl adjacent to an activating group) is 1. The summed E-state index contributed by atoms with van der Waals surface area (Å²) in [5, 5.41) is 0. The van der Waals surface area contributed by atoms with Crippen molar-refractivity contribution >= 4 is 21.6 Å². The van der Waals surface area contributed by atoms with E-state index in [0.717, 1.165) is 11.1 Å². The van der Waals surface area contributed by atoms with E-state index in [-0.39, 0.29) is 17.3 Å². The molecule has 3 aromatic carbocycles. The first-order valence-electron chi connectivity index (χ1n) is 10.0. The number of hydrogen-bond donors (Lipinski definition) is 0. The summed E-state index contributed by atoms with van der Waals surface area (Å²) in [7, 11) is -2.17. The van der Waals surface area contributed by atoms with Crippen molar-refractivity contribution in [1.29, 1.82) is 0 Å². The van der Waals surface area contributed by atoms with E-state index < -0.39 is 16.1 Å². The molecule has 0 radical (unpaired) electrons. The second kappa shape index (κ2) is 8.43. The summed E-state index contributed by atoms with van der Waals surface area (Å²) < 4.78 is 34.1. The maximum atomic E-state index is 13.4. The van der Waals surface area contributed by atoms with Crippen LogP contribution < -0.4 is 9.04 Å². The highest BCUT2D eigenvalue weighted by Crippen LogP contribution is 2.37. The lowest BCUT2D eigenvalue weighted by Crippen LogP contribution is -2.50. The highest BCUT2D eigenvalue weighted by atomic mass is 32.2. The number of nitrogens with zero attached hydrogens (tertiary/aromatic N) is 2. The summed E-state index contributed by atoms with van der Waals surface area (Å²) in [5.74, 6) is 0.0957. The van der Waals surface area contributed by atoms with Gasteiger partial charge in [0, 0.05) is 13.6 Å². The summed E-state index contributed by atoms with van der Waals surface area (Å²) >= 11 is 0. The summed E-state index contributed by atoms with van der Waals surface area (Å²) in [6.07, 6.45) is -0.941. The number of anilines is 1. The van der Waals surface area contributed by atoms with Gasteiger partial charge in [-0.1, -0.05) is 60.2 Å². The smallest absolute Gasteiger partial charge is 0.265 e. The van der Waals surface area contributed by atoms with Crippen molar-refractivity contribution < 1.29 is 17.9 Å². The largest absolute Gasteiger partial charge is 0.476 e. The van der Waals surface area contributed by atoms with Crippen LogP contribution in [0.25, 0.3) is 0 Å². The lowest BCUT2D eigenvalue weighted by Gasteiger charge is -2.36. The van der Waals surface area contributed by atoms with Crippen LogP contribution >= 0.6 is 0 Å². The Morgan fingerprint density at radius 2 is 1.65 bits per heavy atom. The zero-order valence-electron chi connectivity index (χ0n) is 17.4. The standard InChI is InChI=1S/C24H24N2O4S/c1-18-12-14-20(15-13-18)31(28,29)26-17-23(30-22-11-7-6-10-21(22)26)24(27)25(2)16-19-8-4-3-5-9-19/h3-15,23H,16-17H2,1-2H3. The molecule has 7 heteroatoms. The molecule has 1 unspecified atom stereocenters. The third-order valence-electron chi connectivity index (χ3n) is 5.26. The number of carbonyl (C=O) groups excluding carboxylic acids is 1. The van der Waals surface area contributed by atoms with Gasteiger partial charge in [0.25, 0.3) is 15.9 Å². The van der Waals surface area contributed by atoms with Crippen molar-refractivity contribution in [2.75, 3.05) is 17.9 Å². The van der Waals surface area contributed by atoms with Gasteiger partial charge in [-0.05, 0) is 36.8 Å². The van der Waals surface area contributed by atoms with Crippen LogP contribution in [0.1, 0.15) is 11.1 Å². The molecule has 1 heterocycles. The third-order valence-corrected chi connectivity index (χ3v) is 7.05. The molecule has 1 atom stereocenters. The highest BCUT2D eigenvalue weighted by molar-refractivity contribution is 7.92. The molecule has 0 N–H and O–H groups in total. The lowest BCUT2D eigenvalue weighted by molar-refractivity contribution is -0.137. The van der Waals surface area contributed by atoms with Gasteiger partial charge < -0.3 is 9.64 Å². The first kappa shape index (κ1) is 20.9. The van der Waals surface area contributed by atoms with Crippen molar-refractivity contribution in [3.05, 3.63) is 90.0 Å². The van der Waals surface area contributed by atoms with Crippen LogP contribution in [-0.4, -0.2) is 38.9 Å². The fourth-order valence-corrected chi connectivity index (χ4v) is 5.05. The van der Waals surface area contributed by atoms with Crippen molar-refractivity contribution in [3.8, 4) is 5.75 Å². The lowest BCUT2D eigenvalue weighted by atomic mass is 10.2. The Hall–Kier alpha value is -3.32. The number of fused-ring (bicyclic) bond motifs is 1. The molecule has 1 aliphatic rings. The van der Waals surface area contributed by atoms with Gasteiger partial charge in [0.1, 0.15) is 5.75 Å². The fraction of sp³-hybridized carbons (Fsp3) is 0.208. The summed E-state index contributed by atoms with van der Waals surface area (Å²) in [5.41, 5.74) is 2.38. The van der Waals surface area contributed by atoms with E-state index in [1.807, 2.05) is 37.3 Å². The maximum absolute atomic E-state index is 13.4. The molecule has 0 bridgehead atoms. The normalized spacial score (nSPS) is 15.7. The van der Waals surface area contributed by atoms with Crippen molar-refractivity contribution in [3.63, 3.8) is 0 Å². The third kappa shape index (κ3) is 4.27. The number of para-hydroxylation sites is 2. The summed E-state index contributed by atoms with van der Waals surface area (Å²) in [6.45, 7) is 2.22. The van der Waals surface area contributed by atoms with Gasteiger partial charge in [0.2, 0.25) is 0 Å². The second-order valence-electron chi connectivity index (χ2n) is 7.60. The van der Waals surface area contributed by atoms with Crippen molar-refractivity contribution in [1.82, 2.24) is 4.90 Å². The van der Waals surface area contributed by atoms with E-state index in [1.54, 1.807) is 60.5 Å². The molecule has 0 saturated heterocycles. The number of amides is 1. The topological polar surface area (TPSA) is 66.9 Å². The van der Waals surface area contributed by atoms with Gasteiger partial charge in [-0.2, -0.15) is 0 Å². The molecular weight excluding hydrogens is 412 g/mol. The van der Waals surface area contributed by atoms with Crippen molar-refractivity contribution in [2.45, 2.75) is 24.5 Å². The Balaban J connectivity index is 1.64. The number of benzene rings is 3. The molecule has 3 aromatic rings. The average molecular weight is 437 g/mol. The quantitative estimate of drug-likeness (QED) is 0.613. The van der Waals surface area contributed by atoms with Gasteiger partial charge in [0.05, 0.1) is 17.1 Å². The average Bonchev–Trinajstić information content (AvgIpc) is 2.78. The monoisotopic (exact) mass is 436 g/mol. The summed E-state index contributed by atoms with van der Waals surface area (Å²) in [4.78, 5) is 14.9. The molecule has 1 amide bonds. The van der Waals surface area contributed by atoms with Crippen LogP contribution in [0.2, 0.25) is 0 Å². The minimum absolute atomic E-state index is 0.0921. The van der Waals surface area contributed by atoms with Crippen LogP contribution in [0.5, 0.6) is 5.75 Å². The van der Waals surface area contributed by atoms with Crippen LogP contribution in [-0.2, 0) is 21.4 Å². The van der Waals surface area contributed by atoms with Crippen LogP contribution in [0.4, 0.5) is 5.69 Å². The first-order chi connectivity index (χ1) is 14.9. The SMILES string of the molecule is Cc1ccc(S(=O)(=O)N2CC(C(=O)N(C)Cc3ccccc3)Oc3ccccc32)cc1. The molecule has 0 aromatic heterocycles. The number of rotatable bonds is 5. The molecule has 4 rings (SSSR count). The minimum Gasteiger partial charge on any atom is -0.476 e. The Labute approximate surface area is 182 Å². The van der Waals surface area contributed by atoms with Crippen LogP contribution in [0.3, 0.4) is 0 Å². The first-order valence-corrected chi connectivity index (χ1v) is 11.4. The molecule has 0 fully saturated rings. The van der Waals surface area contributed by atoms with E-state index in [9.17, 15) is 13.2 Å². The number of carbonyl (C=O) groups is 1. The zero-order chi connectivity index (χ0) is 22.0. The number of aryl methyl sites for hydroxylation is 1. The molecule has 160 valence electrons. The van der Waals surface area contributed by atoms with Crippen molar-refractivity contribution in [2.24, 2.45) is 0 Å². The van der Waals surface area contributed by atoms with Gasteiger partial charge in [0.15, 0.2) is 6.10 Å². The predicted molar refractivity (Wildman–Crippen MR) is 119 cm³/mol. The Morgan fingerprint density at radius 3 is 2.35 bits per heavy atom. The van der Waals surface area contributed by atoms with Gasteiger partial charge in [-0.25, -0.2) is 8.42 Å². The van der Waals surface area contributed by atoms with Gasteiger partial charge in [-0.15, -0.1) is 0 Å². The maximum Gasteiger partial charge on any atom is 0.265 e. The van der Waals surface area contributed by atoms with Crippen LogP contribution in [0, 0.1) is 6.92 Å². The Kier molecular flexibility index (Phi) is 5.69. The molecule has 0 spiro atoms. The number of hydrogen-bond acceptors (Lipinski definition) is 4. The molecule has 0 saturated carbocycles. The number of ether oxygens (including phenoxy) is 1. The summed E-state index contributed by atoms with van der Waals surface area (Å²) in [6, 6.07) is 23.2. The zero-order valence-corrected chi connectivity index (χ0v) is 18.2. The van der Waals surface area contributed by atoms with E-state index in [4.69, 9.17) is 4.74 Å². The fourth-order valence-electron chi connectivity index (χ4n) is 3.58. The van der Waals surface area contributed by atoms with Gasteiger partial charge in [-0.3, -0.25) is 9.10 Å². The highest BCUT2D eigenvalue weighted by Gasteiger charge is 2.38. The van der Waals surface area contributed by atoms with E-state index in [0.29, 0.717) is 18.0 Å². The Bertz CT molecular complexity index is 1180. The molecule has 31 heavy (non-hydrogen) atoms. The Morgan fingerprint density at radius 1 is 1.00 bits per heavy atom. The number of sulfonamides is 1. The van der Waals surface area contributed by atoms with Gasteiger partial charge >= 0.3 is 0 Å². The van der Waals surface area contributed by atoms with E-state index in [1.165, 1.54) is 4.31 Å². The molecule has 1 aliphatic heterocycles. The van der Waals surface area contributed by atoms with E-state index in [2.05, 4.69) is 0 Å². The molecular formula is C24H24N2O4S. The minimum atomic E-state index is -3.86. The second-order valence-corrected chi connectivity index (χ2v) is 9.47. The predicted octanol–water partition coefficient (Wildman–Crippen LogP) is 3.61.